The smallest absolute Gasteiger partial charge is 0.315 e. The molecule has 8 nitrogen and oxygen atoms in total. The van der Waals surface area contributed by atoms with Crippen LogP contribution in [0, 0.1) is 5.82 Å². The van der Waals surface area contributed by atoms with Gasteiger partial charge in [0.1, 0.15) is 28.6 Å². The van der Waals surface area contributed by atoms with E-state index in [1.165, 1.54) is 30.3 Å². The lowest BCUT2D eigenvalue weighted by Crippen LogP contribution is -2.18. The molecule has 0 atom stereocenters. The van der Waals surface area contributed by atoms with E-state index < -0.39 is 50.3 Å². The van der Waals surface area contributed by atoms with Crippen molar-refractivity contribution in [1.82, 2.24) is 0 Å². The van der Waals surface area contributed by atoms with Crippen LogP contribution in [-0.4, -0.2) is 32.0 Å². The Morgan fingerprint density at radius 2 is 1.67 bits per heavy atom. The lowest BCUT2D eigenvalue weighted by Gasteiger charge is -2.14. The summed E-state index contributed by atoms with van der Waals surface area (Å²) in [4.78, 5) is 23.0. The van der Waals surface area contributed by atoms with Crippen molar-refractivity contribution in [1.29, 1.82) is 0 Å². The number of ether oxygens (including phenoxy) is 2. The van der Waals surface area contributed by atoms with E-state index in [2.05, 4.69) is 5.32 Å². The molecule has 3 aromatic carbocycles. The number of hydrogen-bond donors (Lipinski definition) is 2. The van der Waals surface area contributed by atoms with E-state index in [0.717, 1.165) is 24.3 Å². The Kier molecular flexibility index (Phi) is 8.78. The van der Waals surface area contributed by atoms with Gasteiger partial charge in [0.15, 0.2) is 15.6 Å². The zero-order valence-electron chi connectivity index (χ0n) is 18.8. The van der Waals surface area contributed by atoms with Crippen LogP contribution in [0.4, 0.5) is 10.1 Å². The minimum Gasteiger partial charge on any atom is -0.507 e. The molecule has 3 rings (SSSR count). The number of hydrogen-bond acceptors (Lipinski definition) is 7. The molecule has 0 heterocycles. The van der Waals surface area contributed by atoms with Crippen molar-refractivity contribution in [2.45, 2.75) is 24.0 Å². The Bertz CT molecular complexity index is 1370. The maximum atomic E-state index is 13.1. The van der Waals surface area contributed by atoms with Gasteiger partial charge in [-0.2, -0.15) is 0 Å². The summed E-state index contributed by atoms with van der Waals surface area (Å²) in [6.07, 6.45) is -0.496. The number of carbonyl (C=O) groups excluding carboxylic acids is 2. The molecule has 12 heteroatoms. The summed E-state index contributed by atoms with van der Waals surface area (Å²) in [6.45, 7) is 1.76. The zero-order chi connectivity index (χ0) is 26.5. The first-order valence-electron chi connectivity index (χ1n) is 10.4. The van der Waals surface area contributed by atoms with Crippen LogP contribution < -0.4 is 10.1 Å². The molecule has 0 bridgehead atoms. The lowest BCUT2D eigenvalue weighted by molar-refractivity contribution is -0.145. The third kappa shape index (κ3) is 7.09. The van der Waals surface area contributed by atoms with Crippen molar-refractivity contribution in [3.63, 3.8) is 0 Å². The quantitative estimate of drug-likeness (QED) is 0.264. The molecule has 1 amide bonds. The second-order valence-corrected chi connectivity index (χ2v) is 10.2. The third-order valence-corrected chi connectivity index (χ3v) is 6.92. The second-order valence-electron chi connectivity index (χ2n) is 7.42. The lowest BCUT2D eigenvalue weighted by atomic mass is 10.2. The van der Waals surface area contributed by atoms with Crippen LogP contribution in [-0.2, 0) is 29.9 Å². The standard InChI is InChI=1S/C24H20Cl2FNO7S/c1-2-34-23(31)12-22(30)28-16-9-18(25)24(19(26)10-16)35-17-7-8-20(29)21(11-17)36(32,33)13-14-3-5-15(27)6-4-14/h3-11,29H,2,12-13H2,1H3,(H,28,30). The first kappa shape index (κ1) is 27.3. The highest BCUT2D eigenvalue weighted by molar-refractivity contribution is 7.90. The van der Waals surface area contributed by atoms with E-state index in [4.69, 9.17) is 32.7 Å². The number of benzene rings is 3. The van der Waals surface area contributed by atoms with Gasteiger partial charge >= 0.3 is 5.97 Å². The van der Waals surface area contributed by atoms with E-state index in [-0.39, 0.29) is 33.8 Å². The topological polar surface area (TPSA) is 119 Å². The molecule has 3 aromatic rings. The second kappa shape index (κ2) is 11.6. The third-order valence-electron chi connectivity index (χ3n) is 4.65. The van der Waals surface area contributed by atoms with Crippen LogP contribution in [0.5, 0.6) is 17.2 Å². The fourth-order valence-electron chi connectivity index (χ4n) is 3.08. The molecular formula is C24H20Cl2FNO7S. The number of sulfone groups is 1. The summed E-state index contributed by atoms with van der Waals surface area (Å²) < 4.78 is 49.3. The summed E-state index contributed by atoms with van der Waals surface area (Å²) >= 11 is 12.5. The highest BCUT2D eigenvalue weighted by Crippen LogP contribution is 2.40. The normalized spacial score (nSPS) is 11.1. The van der Waals surface area contributed by atoms with Crippen LogP contribution in [0.2, 0.25) is 10.0 Å². The van der Waals surface area contributed by atoms with Gasteiger partial charge in [0.05, 0.1) is 22.4 Å². The van der Waals surface area contributed by atoms with Gasteiger partial charge in [0.2, 0.25) is 5.91 Å². The molecule has 36 heavy (non-hydrogen) atoms. The molecule has 0 fully saturated rings. The Labute approximate surface area is 216 Å². The number of phenols is 1. The Hall–Kier alpha value is -3.34. The predicted octanol–water partition coefficient (Wildman–Crippen LogP) is 5.50. The van der Waals surface area contributed by atoms with Crippen LogP contribution in [0.15, 0.2) is 59.5 Å². The van der Waals surface area contributed by atoms with E-state index in [0.29, 0.717) is 5.56 Å². The van der Waals surface area contributed by atoms with Crippen LogP contribution >= 0.6 is 23.2 Å². The first-order valence-corrected chi connectivity index (χ1v) is 12.8. The highest BCUT2D eigenvalue weighted by atomic mass is 35.5. The minimum atomic E-state index is -4.03. The molecule has 0 radical (unpaired) electrons. The monoisotopic (exact) mass is 555 g/mol. The maximum Gasteiger partial charge on any atom is 0.315 e. The van der Waals surface area contributed by atoms with E-state index in [1.807, 2.05) is 0 Å². The number of amides is 1. The summed E-state index contributed by atoms with van der Waals surface area (Å²) in [5.74, 6) is -2.84. The van der Waals surface area contributed by atoms with E-state index in [1.54, 1.807) is 6.92 Å². The van der Waals surface area contributed by atoms with Crippen LogP contribution in [0.3, 0.4) is 0 Å². The van der Waals surface area contributed by atoms with Gasteiger partial charge in [0, 0.05) is 11.8 Å². The van der Waals surface area contributed by atoms with E-state index >= 15 is 0 Å². The SMILES string of the molecule is CCOC(=O)CC(=O)Nc1cc(Cl)c(Oc2ccc(O)c(S(=O)(=O)Cc3ccc(F)cc3)c2)c(Cl)c1. The summed E-state index contributed by atoms with van der Waals surface area (Å²) in [5.41, 5.74) is 0.522. The van der Waals surface area contributed by atoms with Gasteiger partial charge in [-0.05, 0) is 48.9 Å². The number of nitrogens with one attached hydrogen (secondary N) is 1. The van der Waals surface area contributed by atoms with Crippen molar-refractivity contribution in [2.24, 2.45) is 0 Å². The van der Waals surface area contributed by atoms with Gasteiger partial charge in [0.25, 0.3) is 0 Å². The molecule has 190 valence electrons. The Balaban J connectivity index is 1.80. The molecule has 0 aliphatic carbocycles. The van der Waals surface area contributed by atoms with Gasteiger partial charge in [-0.15, -0.1) is 0 Å². The van der Waals surface area contributed by atoms with Crippen molar-refractivity contribution >= 4 is 50.6 Å². The molecule has 0 saturated heterocycles. The highest BCUT2D eigenvalue weighted by Gasteiger charge is 2.22. The number of phenolic OH excluding ortho intramolecular Hbond substituents is 1. The van der Waals surface area contributed by atoms with Crippen molar-refractivity contribution < 1.29 is 37.0 Å². The average Bonchev–Trinajstić information content (AvgIpc) is 2.78. The number of aromatic hydroxyl groups is 1. The molecule has 0 aliphatic rings. The molecular weight excluding hydrogens is 536 g/mol. The van der Waals surface area contributed by atoms with Crippen molar-refractivity contribution in [3.8, 4) is 17.2 Å². The van der Waals surface area contributed by atoms with Gasteiger partial charge in [-0.25, -0.2) is 12.8 Å². The average molecular weight is 556 g/mol. The predicted molar refractivity (Wildman–Crippen MR) is 132 cm³/mol. The minimum absolute atomic E-state index is 0.00776. The molecule has 0 aromatic heterocycles. The Morgan fingerprint density at radius 3 is 2.28 bits per heavy atom. The summed E-state index contributed by atoms with van der Waals surface area (Å²) in [7, 11) is -4.03. The van der Waals surface area contributed by atoms with Crippen molar-refractivity contribution in [2.75, 3.05) is 11.9 Å². The molecule has 0 aliphatic heterocycles. The van der Waals surface area contributed by atoms with Gasteiger partial charge in [-0.1, -0.05) is 35.3 Å². The maximum absolute atomic E-state index is 13.1. The first-order chi connectivity index (χ1) is 17.0. The van der Waals surface area contributed by atoms with Crippen LogP contribution in [0.25, 0.3) is 0 Å². The number of carbonyl (C=O) groups is 2. The number of rotatable bonds is 9. The molecule has 0 spiro atoms. The summed E-state index contributed by atoms with van der Waals surface area (Å²) in [5, 5.41) is 12.6. The summed E-state index contributed by atoms with van der Waals surface area (Å²) in [6, 6.07) is 11.2. The number of esters is 1. The van der Waals surface area contributed by atoms with Gasteiger partial charge in [-0.3, -0.25) is 9.59 Å². The fourth-order valence-corrected chi connectivity index (χ4v) is 5.11. The van der Waals surface area contributed by atoms with E-state index in [9.17, 15) is 27.5 Å². The number of anilines is 1. The molecule has 2 N–H and O–H groups in total. The Morgan fingerprint density at radius 1 is 1.03 bits per heavy atom. The molecule has 0 saturated carbocycles. The molecule has 0 unspecified atom stereocenters. The fraction of sp³-hybridized carbons (Fsp3) is 0.167. The largest absolute Gasteiger partial charge is 0.507 e. The van der Waals surface area contributed by atoms with Crippen LogP contribution in [0.1, 0.15) is 18.9 Å². The van der Waals surface area contributed by atoms with Gasteiger partial charge < -0.3 is 19.9 Å². The number of halogens is 3. The zero-order valence-corrected chi connectivity index (χ0v) is 21.1. The van der Waals surface area contributed by atoms with Crippen molar-refractivity contribution in [3.05, 3.63) is 76.0 Å².